The van der Waals surface area contributed by atoms with Crippen molar-refractivity contribution in [2.24, 2.45) is 0 Å². The van der Waals surface area contributed by atoms with Gasteiger partial charge in [-0.05, 0) is 45.8 Å². The number of hydrogen-bond acceptors (Lipinski definition) is 3. The zero-order chi connectivity index (χ0) is 9.80. The summed E-state index contributed by atoms with van der Waals surface area (Å²) >= 11 is 0. The van der Waals surface area contributed by atoms with Gasteiger partial charge in [-0.2, -0.15) is 0 Å². The Morgan fingerprint density at radius 3 is 3.00 bits per heavy atom. The van der Waals surface area contributed by atoms with E-state index in [2.05, 4.69) is 22.6 Å². The standard InChI is InChI=1S/C11H23N3/c1-14-7-3-5-11(9-14)13-8-10-4-2-6-12-10/h10-13H,2-9H2,1H3. The number of likely N-dealkylation sites (tertiary alicyclic amines) is 1. The second kappa shape index (κ2) is 5.10. The first-order chi connectivity index (χ1) is 6.84. The topological polar surface area (TPSA) is 27.3 Å². The van der Waals surface area contributed by atoms with E-state index in [-0.39, 0.29) is 0 Å². The Kier molecular flexibility index (Phi) is 3.79. The number of rotatable bonds is 3. The second-order valence-corrected chi connectivity index (χ2v) is 4.80. The Labute approximate surface area is 87.2 Å². The van der Waals surface area contributed by atoms with Crippen molar-refractivity contribution in [3.05, 3.63) is 0 Å². The molecule has 0 aromatic heterocycles. The van der Waals surface area contributed by atoms with Crippen LogP contribution in [-0.4, -0.2) is 50.2 Å². The molecule has 2 atom stereocenters. The zero-order valence-electron chi connectivity index (χ0n) is 9.26. The summed E-state index contributed by atoms with van der Waals surface area (Å²) in [5, 5.41) is 7.22. The lowest BCUT2D eigenvalue weighted by atomic mass is 10.1. The van der Waals surface area contributed by atoms with Crippen LogP contribution in [0.15, 0.2) is 0 Å². The summed E-state index contributed by atoms with van der Waals surface area (Å²) in [4.78, 5) is 2.43. The molecular weight excluding hydrogens is 174 g/mol. The average molecular weight is 197 g/mol. The lowest BCUT2D eigenvalue weighted by Gasteiger charge is -2.31. The highest BCUT2D eigenvalue weighted by Gasteiger charge is 2.19. The summed E-state index contributed by atoms with van der Waals surface area (Å²) in [7, 11) is 2.22. The lowest BCUT2D eigenvalue weighted by molar-refractivity contribution is 0.225. The van der Waals surface area contributed by atoms with Crippen molar-refractivity contribution >= 4 is 0 Å². The molecule has 82 valence electrons. The van der Waals surface area contributed by atoms with Crippen LogP contribution in [0, 0.1) is 0 Å². The molecule has 2 saturated heterocycles. The fourth-order valence-corrected chi connectivity index (χ4v) is 2.57. The fourth-order valence-electron chi connectivity index (χ4n) is 2.57. The minimum Gasteiger partial charge on any atom is -0.313 e. The van der Waals surface area contributed by atoms with Gasteiger partial charge < -0.3 is 15.5 Å². The molecule has 2 rings (SSSR count). The molecule has 0 bridgehead atoms. The van der Waals surface area contributed by atoms with Crippen molar-refractivity contribution in [1.82, 2.24) is 15.5 Å². The maximum absolute atomic E-state index is 3.69. The van der Waals surface area contributed by atoms with Crippen LogP contribution in [-0.2, 0) is 0 Å². The Morgan fingerprint density at radius 1 is 1.36 bits per heavy atom. The van der Waals surface area contributed by atoms with Gasteiger partial charge in [-0.1, -0.05) is 0 Å². The van der Waals surface area contributed by atoms with Crippen LogP contribution >= 0.6 is 0 Å². The van der Waals surface area contributed by atoms with E-state index in [4.69, 9.17) is 0 Å². The van der Waals surface area contributed by atoms with Crippen LogP contribution in [0.1, 0.15) is 25.7 Å². The largest absolute Gasteiger partial charge is 0.313 e. The molecule has 3 heteroatoms. The summed E-state index contributed by atoms with van der Waals surface area (Å²) in [6.45, 7) is 4.89. The van der Waals surface area contributed by atoms with Gasteiger partial charge in [-0.25, -0.2) is 0 Å². The van der Waals surface area contributed by atoms with Crippen molar-refractivity contribution in [1.29, 1.82) is 0 Å². The summed E-state index contributed by atoms with van der Waals surface area (Å²) in [5.41, 5.74) is 0. The Hall–Kier alpha value is -0.120. The van der Waals surface area contributed by atoms with Crippen LogP contribution in [0.5, 0.6) is 0 Å². The molecule has 2 aliphatic rings. The van der Waals surface area contributed by atoms with Crippen LogP contribution in [0.3, 0.4) is 0 Å². The summed E-state index contributed by atoms with van der Waals surface area (Å²) in [6, 6.07) is 1.47. The van der Waals surface area contributed by atoms with Crippen LogP contribution in [0.4, 0.5) is 0 Å². The summed E-state index contributed by atoms with van der Waals surface area (Å²) < 4.78 is 0. The van der Waals surface area contributed by atoms with E-state index < -0.39 is 0 Å². The third kappa shape index (κ3) is 2.94. The van der Waals surface area contributed by atoms with Gasteiger partial charge in [0.15, 0.2) is 0 Å². The molecule has 2 aliphatic heterocycles. The average Bonchev–Trinajstić information content (AvgIpc) is 2.67. The van der Waals surface area contributed by atoms with E-state index in [1.807, 2.05) is 0 Å². The number of nitrogens with zero attached hydrogens (tertiary/aromatic N) is 1. The fraction of sp³-hybridized carbons (Fsp3) is 1.00. The maximum atomic E-state index is 3.69. The molecule has 0 saturated carbocycles. The van der Waals surface area contributed by atoms with Crippen LogP contribution in [0.25, 0.3) is 0 Å². The van der Waals surface area contributed by atoms with E-state index >= 15 is 0 Å². The SMILES string of the molecule is CN1CCCC(NCC2CCCN2)C1. The summed E-state index contributed by atoms with van der Waals surface area (Å²) in [6.07, 6.45) is 5.43. The summed E-state index contributed by atoms with van der Waals surface area (Å²) in [5.74, 6) is 0. The number of likely N-dealkylation sites (N-methyl/N-ethyl adjacent to an activating group) is 1. The van der Waals surface area contributed by atoms with Crippen molar-refractivity contribution < 1.29 is 0 Å². The molecule has 0 radical (unpaired) electrons. The van der Waals surface area contributed by atoms with E-state index in [0.717, 1.165) is 12.1 Å². The molecule has 14 heavy (non-hydrogen) atoms. The van der Waals surface area contributed by atoms with Gasteiger partial charge >= 0.3 is 0 Å². The molecular formula is C11H23N3. The van der Waals surface area contributed by atoms with E-state index in [1.165, 1.54) is 51.9 Å². The van der Waals surface area contributed by atoms with Crippen molar-refractivity contribution in [2.45, 2.75) is 37.8 Å². The number of hydrogen-bond donors (Lipinski definition) is 2. The van der Waals surface area contributed by atoms with Gasteiger partial charge in [-0.15, -0.1) is 0 Å². The molecule has 0 aromatic carbocycles. The second-order valence-electron chi connectivity index (χ2n) is 4.80. The van der Waals surface area contributed by atoms with Gasteiger partial charge in [0.05, 0.1) is 0 Å². The molecule has 0 aromatic rings. The van der Waals surface area contributed by atoms with Gasteiger partial charge in [0, 0.05) is 25.2 Å². The smallest absolute Gasteiger partial charge is 0.0196 e. The molecule has 0 aliphatic carbocycles. The number of nitrogens with one attached hydrogen (secondary N) is 2. The van der Waals surface area contributed by atoms with Crippen LogP contribution in [0.2, 0.25) is 0 Å². The molecule has 2 heterocycles. The minimum absolute atomic E-state index is 0.733. The molecule has 2 unspecified atom stereocenters. The maximum Gasteiger partial charge on any atom is 0.0196 e. The highest BCUT2D eigenvalue weighted by molar-refractivity contribution is 4.81. The third-order valence-electron chi connectivity index (χ3n) is 3.44. The highest BCUT2D eigenvalue weighted by atomic mass is 15.1. The number of piperidine rings is 1. The highest BCUT2D eigenvalue weighted by Crippen LogP contribution is 2.09. The predicted octanol–water partition coefficient (Wildman–Crippen LogP) is 0.422. The zero-order valence-corrected chi connectivity index (χ0v) is 9.26. The van der Waals surface area contributed by atoms with E-state index in [9.17, 15) is 0 Å². The Morgan fingerprint density at radius 2 is 2.29 bits per heavy atom. The first-order valence-electron chi connectivity index (χ1n) is 6.00. The molecule has 2 N–H and O–H groups in total. The van der Waals surface area contributed by atoms with Gasteiger partial charge in [0.2, 0.25) is 0 Å². The van der Waals surface area contributed by atoms with Gasteiger partial charge in [0.25, 0.3) is 0 Å². The van der Waals surface area contributed by atoms with E-state index in [0.29, 0.717) is 0 Å². The molecule has 3 nitrogen and oxygen atoms in total. The molecule has 0 spiro atoms. The first-order valence-corrected chi connectivity index (χ1v) is 6.00. The van der Waals surface area contributed by atoms with Crippen molar-refractivity contribution in [2.75, 3.05) is 33.2 Å². The normalized spacial score (nSPS) is 34.9. The predicted molar refractivity (Wildman–Crippen MR) is 59.5 cm³/mol. The first kappa shape index (κ1) is 10.4. The monoisotopic (exact) mass is 197 g/mol. The van der Waals surface area contributed by atoms with Crippen molar-refractivity contribution in [3.8, 4) is 0 Å². The van der Waals surface area contributed by atoms with Gasteiger partial charge in [0.1, 0.15) is 0 Å². The minimum atomic E-state index is 0.733. The molecule has 0 amide bonds. The van der Waals surface area contributed by atoms with Crippen molar-refractivity contribution in [3.63, 3.8) is 0 Å². The van der Waals surface area contributed by atoms with Crippen LogP contribution < -0.4 is 10.6 Å². The third-order valence-corrected chi connectivity index (χ3v) is 3.44. The van der Waals surface area contributed by atoms with Gasteiger partial charge in [-0.3, -0.25) is 0 Å². The Bertz CT molecular complexity index is 166. The quantitative estimate of drug-likeness (QED) is 0.687. The van der Waals surface area contributed by atoms with E-state index in [1.54, 1.807) is 0 Å². The molecule has 2 fully saturated rings. The lowest BCUT2D eigenvalue weighted by Crippen LogP contribution is -2.47. The Balaban J connectivity index is 1.64.